The highest BCUT2D eigenvalue weighted by atomic mass is 79.9. The van der Waals surface area contributed by atoms with Crippen molar-refractivity contribution < 1.29 is 14.9 Å². The summed E-state index contributed by atoms with van der Waals surface area (Å²) >= 11 is 3.39. The van der Waals surface area contributed by atoms with E-state index in [-0.39, 0.29) is 17.9 Å². The van der Waals surface area contributed by atoms with E-state index in [1.54, 1.807) is 0 Å². The lowest BCUT2D eigenvalue weighted by molar-refractivity contribution is -0.710. The van der Waals surface area contributed by atoms with E-state index in [9.17, 15) is 9.59 Å². The number of rotatable bonds is 3. The summed E-state index contributed by atoms with van der Waals surface area (Å²) in [6.45, 7) is 0. The first kappa shape index (κ1) is 14.7. The molecule has 1 heterocycles. The van der Waals surface area contributed by atoms with Crippen LogP contribution in [0.4, 0.5) is 5.69 Å². The minimum Gasteiger partial charge on any atom is -0.333 e. The van der Waals surface area contributed by atoms with Crippen molar-refractivity contribution in [1.82, 2.24) is 0 Å². The maximum atomic E-state index is 12.6. The highest BCUT2D eigenvalue weighted by Crippen LogP contribution is 2.25. The van der Waals surface area contributed by atoms with Gasteiger partial charge in [-0.25, -0.2) is 4.90 Å². The fourth-order valence-electron chi connectivity index (χ4n) is 3.35. The number of imide groups is 1. The molecule has 21 heavy (non-hydrogen) atoms. The first-order valence-electron chi connectivity index (χ1n) is 7.62. The molecule has 2 fully saturated rings. The van der Waals surface area contributed by atoms with Gasteiger partial charge in [-0.2, -0.15) is 0 Å². The SMILES string of the molecule is O=C1C[C@H]([NH2+]C2CCCCC2)C(=O)N1c1cccc(Br)c1. The summed E-state index contributed by atoms with van der Waals surface area (Å²) in [5.41, 5.74) is 0.666. The zero-order valence-corrected chi connectivity index (χ0v) is 13.5. The van der Waals surface area contributed by atoms with Gasteiger partial charge in [0.2, 0.25) is 5.91 Å². The Morgan fingerprint density at radius 1 is 1.14 bits per heavy atom. The minimum atomic E-state index is -0.236. The number of benzene rings is 1. The molecule has 1 saturated carbocycles. The number of amides is 2. The molecule has 4 nitrogen and oxygen atoms in total. The van der Waals surface area contributed by atoms with Gasteiger partial charge in [0.1, 0.15) is 0 Å². The van der Waals surface area contributed by atoms with Crippen LogP contribution >= 0.6 is 15.9 Å². The second-order valence-electron chi connectivity index (χ2n) is 5.95. The van der Waals surface area contributed by atoms with Gasteiger partial charge >= 0.3 is 0 Å². The lowest BCUT2D eigenvalue weighted by atomic mass is 9.95. The Morgan fingerprint density at radius 2 is 1.90 bits per heavy atom. The predicted octanol–water partition coefficient (Wildman–Crippen LogP) is 1.98. The number of hydrogen-bond donors (Lipinski definition) is 1. The second kappa shape index (κ2) is 6.28. The van der Waals surface area contributed by atoms with Crippen molar-refractivity contribution in [3.05, 3.63) is 28.7 Å². The molecule has 0 aromatic heterocycles. The van der Waals surface area contributed by atoms with Gasteiger partial charge in [-0.15, -0.1) is 0 Å². The predicted molar refractivity (Wildman–Crippen MR) is 83.8 cm³/mol. The number of halogens is 1. The number of quaternary nitrogens is 1. The Balaban J connectivity index is 1.72. The molecular weight excluding hydrogens is 332 g/mol. The number of carbonyl (C=O) groups is 2. The van der Waals surface area contributed by atoms with Crippen molar-refractivity contribution in [2.45, 2.75) is 50.6 Å². The third-order valence-electron chi connectivity index (χ3n) is 4.40. The molecule has 3 rings (SSSR count). The van der Waals surface area contributed by atoms with Crippen molar-refractivity contribution in [1.29, 1.82) is 0 Å². The first-order valence-corrected chi connectivity index (χ1v) is 8.42. The monoisotopic (exact) mass is 351 g/mol. The van der Waals surface area contributed by atoms with E-state index in [1.165, 1.54) is 24.2 Å². The molecule has 1 aromatic rings. The van der Waals surface area contributed by atoms with Gasteiger partial charge in [0.25, 0.3) is 5.91 Å². The molecule has 1 saturated heterocycles. The molecule has 0 unspecified atom stereocenters. The zero-order valence-electron chi connectivity index (χ0n) is 11.9. The molecule has 1 aromatic carbocycles. The third-order valence-corrected chi connectivity index (χ3v) is 4.90. The van der Waals surface area contributed by atoms with E-state index in [2.05, 4.69) is 21.2 Å². The van der Waals surface area contributed by atoms with E-state index < -0.39 is 0 Å². The maximum Gasteiger partial charge on any atom is 0.292 e. The van der Waals surface area contributed by atoms with E-state index in [4.69, 9.17) is 0 Å². The number of carbonyl (C=O) groups excluding carboxylic acids is 2. The van der Waals surface area contributed by atoms with Gasteiger partial charge in [-0.05, 0) is 43.9 Å². The molecule has 112 valence electrons. The van der Waals surface area contributed by atoms with Crippen molar-refractivity contribution in [3.63, 3.8) is 0 Å². The van der Waals surface area contributed by atoms with Crippen LogP contribution in [0.15, 0.2) is 28.7 Å². The van der Waals surface area contributed by atoms with E-state index in [1.807, 2.05) is 24.3 Å². The fourth-order valence-corrected chi connectivity index (χ4v) is 3.73. The Labute approximate surface area is 133 Å². The molecule has 0 spiro atoms. The third kappa shape index (κ3) is 3.19. The summed E-state index contributed by atoms with van der Waals surface area (Å²) < 4.78 is 0.875. The van der Waals surface area contributed by atoms with Crippen LogP contribution in [0.25, 0.3) is 0 Å². The summed E-state index contributed by atoms with van der Waals surface area (Å²) in [5, 5.41) is 2.14. The number of hydrogen-bond acceptors (Lipinski definition) is 2. The van der Waals surface area contributed by atoms with E-state index in [0.717, 1.165) is 17.3 Å². The smallest absolute Gasteiger partial charge is 0.292 e. The Morgan fingerprint density at radius 3 is 2.62 bits per heavy atom. The van der Waals surface area contributed by atoms with Crippen molar-refractivity contribution >= 4 is 33.4 Å². The molecule has 2 N–H and O–H groups in total. The van der Waals surface area contributed by atoms with E-state index >= 15 is 0 Å². The van der Waals surface area contributed by atoms with Gasteiger partial charge in [0, 0.05) is 4.47 Å². The summed E-state index contributed by atoms with van der Waals surface area (Å²) in [5.74, 6) is -0.154. The number of nitrogens with zero attached hydrogens (tertiary/aromatic N) is 1. The molecule has 1 atom stereocenters. The quantitative estimate of drug-likeness (QED) is 0.846. The molecule has 2 amide bonds. The van der Waals surface area contributed by atoms with Crippen molar-refractivity contribution in [2.75, 3.05) is 4.90 Å². The minimum absolute atomic E-state index is 0.0660. The average molecular weight is 352 g/mol. The molecule has 0 radical (unpaired) electrons. The maximum absolute atomic E-state index is 12.6. The van der Waals surface area contributed by atoms with Crippen LogP contribution in [-0.2, 0) is 9.59 Å². The topological polar surface area (TPSA) is 54.0 Å². The molecular formula is C16H20BrN2O2+. The summed E-state index contributed by atoms with van der Waals surface area (Å²) in [4.78, 5) is 26.1. The summed E-state index contributed by atoms with van der Waals surface area (Å²) in [7, 11) is 0. The summed E-state index contributed by atoms with van der Waals surface area (Å²) in [6, 6.07) is 7.63. The van der Waals surface area contributed by atoms with E-state index in [0.29, 0.717) is 18.2 Å². The van der Waals surface area contributed by atoms with Crippen LogP contribution in [0.5, 0.6) is 0 Å². The van der Waals surface area contributed by atoms with Crippen LogP contribution in [0.2, 0.25) is 0 Å². The van der Waals surface area contributed by atoms with Gasteiger partial charge < -0.3 is 5.32 Å². The van der Waals surface area contributed by atoms with Gasteiger partial charge in [0.15, 0.2) is 6.04 Å². The largest absolute Gasteiger partial charge is 0.333 e. The van der Waals surface area contributed by atoms with Crippen LogP contribution in [0.3, 0.4) is 0 Å². The standard InChI is InChI=1S/C16H19BrN2O2/c17-11-5-4-8-13(9-11)19-15(20)10-14(16(19)21)18-12-6-2-1-3-7-12/h4-5,8-9,12,14,18H,1-3,6-7,10H2/p+1/t14-/m0/s1. The Bertz CT molecular complexity index is 555. The fraction of sp³-hybridized carbons (Fsp3) is 0.500. The first-order chi connectivity index (χ1) is 10.1. The molecule has 1 aliphatic heterocycles. The average Bonchev–Trinajstić information content (AvgIpc) is 2.74. The Hall–Kier alpha value is -1.20. The molecule has 0 bridgehead atoms. The van der Waals surface area contributed by atoms with Crippen LogP contribution < -0.4 is 10.2 Å². The zero-order chi connectivity index (χ0) is 14.8. The van der Waals surface area contributed by atoms with Crippen LogP contribution in [-0.4, -0.2) is 23.9 Å². The normalized spacial score (nSPS) is 23.9. The molecule has 5 heteroatoms. The lowest BCUT2D eigenvalue weighted by Gasteiger charge is -2.22. The second-order valence-corrected chi connectivity index (χ2v) is 6.86. The van der Waals surface area contributed by atoms with Crippen LogP contribution in [0, 0.1) is 0 Å². The number of nitrogens with two attached hydrogens (primary N) is 1. The Kier molecular flexibility index (Phi) is 4.40. The van der Waals surface area contributed by atoms with Gasteiger partial charge in [-0.3, -0.25) is 9.59 Å². The van der Waals surface area contributed by atoms with Crippen LogP contribution in [0.1, 0.15) is 38.5 Å². The van der Waals surface area contributed by atoms with Gasteiger partial charge in [0.05, 0.1) is 18.2 Å². The van der Waals surface area contributed by atoms with Gasteiger partial charge in [-0.1, -0.05) is 28.4 Å². The highest BCUT2D eigenvalue weighted by molar-refractivity contribution is 9.10. The van der Waals surface area contributed by atoms with Crippen molar-refractivity contribution in [2.24, 2.45) is 0 Å². The molecule has 1 aliphatic carbocycles. The van der Waals surface area contributed by atoms with Crippen molar-refractivity contribution in [3.8, 4) is 0 Å². The molecule has 2 aliphatic rings. The highest BCUT2D eigenvalue weighted by Gasteiger charge is 2.43. The lowest BCUT2D eigenvalue weighted by Crippen LogP contribution is -2.96. The number of anilines is 1. The summed E-state index contributed by atoms with van der Waals surface area (Å²) in [6.07, 6.45) is 6.42.